The summed E-state index contributed by atoms with van der Waals surface area (Å²) in [4.78, 5) is 18.3. The van der Waals surface area contributed by atoms with Crippen LogP contribution in [0.5, 0.6) is 5.75 Å². The Bertz CT molecular complexity index is 1220. The number of carbonyl (C=O) groups is 1. The number of amides is 1. The molecule has 6 nitrogen and oxygen atoms in total. The van der Waals surface area contributed by atoms with Crippen molar-refractivity contribution in [1.29, 1.82) is 0 Å². The SMILES string of the molecule is COc1ccccc1[C@H]1CC(c2ccccc2Cl)=NN1C(=O)CN1CCN(Cc2ccccc2)CC1. The number of halogens is 1. The summed E-state index contributed by atoms with van der Waals surface area (Å²) in [6, 6.07) is 25.8. The maximum absolute atomic E-state index is 13.6. The van der Waals surface area contributed by atoms with E-state index in [4.69, 9.17) is 21.4 Å². The van der Waals surface area contributed by atoms with Crippen LogP contribution in [0, 0.1) is 0 Å². The minimum absolute atomic E-state index is 0.00975. The molecule has 5 rings (SSSR count). The van der Waals surface area contributed by atoms with E-state index in [0.29, 0.717) is 18.0 Å². The van der Waals surface area contributed by atoms with E-state index in [-0.39, 0.29) is 11.9 Å². The van der Waals surface area contributed by atoms with Crippen LogP contribution >= 0.6 is 11.6 Å². The van der Waals surface area contributed by atoms with Crippen molar-refractivity contribution in [2.75, 3.05) is 39.8 Å². The lowest BCUT2D eigenvalue weighted by atomic mass is 9.97. The van der Waals surface area contributed by atoms with Gasteiger partial charge in [-0.15, -0.1) is 0 Å². The number of methoxy groups -OCH3 is 1. The van der Waals surface area contributed by atoms with Gasteiger partial charge < -0.3 is 4.74 Å². The number of hydrazone groups is 1. The number of hydrogen-bond acceptors (Lipinski definition) is 5. The first-order chi connectivity index (χ1) is 17.6. The molecule has 3 aromatic rings. The van der Waals surface area contributed by atoms with Gasteiger partial charge >= 0.3 is 0 Å². The molecule has 1 amide bonds. The fourth-order valence-electron chi connectivity index (χ4n) is 4.99. The second kappa shape index (κ2) is 11.2. The second-order valence-corrected chi connectivity index (χ2v) is 9.67. The lowest BCUT2D eigenvalue weighted by molar-refractivity contribution is -0.134. The highest BCUT2D eigenvalue weighted by molar-refractivity contribution is 6.34. The van der Waals surface area contributed by atoms with Gasteiger partial charge in [0.1, 0.15) is 5.75 Å². The Hall–Kier alpha value is -3.19. The second-order valence-electron chi connectivity index (χ2n) is 9.26. The van der Waals surface area contributed by atoms with Gasteiger partial charge in [0.25, 0.3) is 5.91 Å². The third-order valence-corrected chi connectivity index (χ3v) is 7.25. The summed E-state index contributed by atoms with van der Waals surface area (Å²) in [5.41, 5.74) is 3.95. The summed E-state index contributed by atoms with van der Waals surface area (Å²) >= 11 is 6.49. The fraction of sp³-hybridized carbons (Fsp3) is 0.310. The molecule has 0 bridgehead atoms. The third kappa shape index (κ3) is 5.46. The zero-order valence-electron chi connectivity index (χ0n) is 20.5. The summed E-state index contributed by atoms with van der Waals surface area (Å²) in [5.74, 6) is 0.745. The van der Waals surface area contributed by atoms with Crippen LogP contribution in [0.3, 0.4) is 0 Å². The van der Waals surface area contributed by atoms with E-state index in [9.17, 15) is 4.79 Å². The first-order valence-electron chi connectivity index (χ1n) is 12.4. The molecule has 1 saturated heterocycles. The Morgan fingerprint density at radius 2 is 1.58 bits per heavy atom. The van der Waals surface area contributed by atoms with Crippen molar-refractivity contribution in [3.8, 4) is 5.75 Å². The first-order valence-corrected chi connectivity index (χ1v) is 12.8. The number of para-hydroxylation sites is 1. The quantitative estimate of drug-likeness (QED) is 0.463. The van der Waals surface area contributed by atoms with Crippen LogP contribution in [0.15, 0.2) is 84.0 Å². The van der Waals surface area contributed by atoms with Crippen LogP contribution in [0.4, 0.5) is 0 Å². The van der Waals surface area contributed by atoms with Crippen LogP contribution in [0.2, 0.25) is 5.02 Å². The van der Waals surface area contributed by atoms with Crippen molar-refractivity contribution < 1.29 is 9.53 Å². The predicted molar refractivity (Wildman–Crippen MR) is 143 cm³/mol. The summed E-state index contributed by atoms with van der Waals surface area (Å²) in [7, 11) is 1.66. The van der Waals surface area contributed by atoms with E-state index in [1.165, 1.54) is 5.56 Å². The van der Waals surface area contributed by atoms with Gasteiger partial charge in [-0.25, -0.2) is 5.01 Å². The van der Waals surface area contributed by atoms with Gasteiger partial charge in [0.2, 0.25) is 0 Å². The minimum Gasteiger partial charge on any atom is -0.496 e. The van der Waals surface area contributed by atoms with Gasteiger partial charge in [0.15, 0.2) is 0 Å². The largest absolute Gasteiger partial charge is 0.496 e. The van der Waals surface area contributed by atoms with Gasteiger partial charge in [0, 0.05) is 55.3 Å². The highest BCUT2D eigenvalue weighted by Crippen LogP contribution is 2.38. The molecular formula is C29H31ClN4O2. The molecule has 2 aliphatic heterocycles. The Morgan fingerprint density at radius 3 is 2.33 bits per heavy atom. The molecule has 0 aliphatic carbocycles. The van der Waals surface area contributed by atoms with Gasteiger partial charge in [-0.05, 0) is 17.7 Å². The van der Waals surface area contributed by atoms with E-state index in [1.54, 1.807) is 12.1 Å². The van der Waals surface area contributed by atoms with E-state index >= 15 is 0 Å². The lowest BCUT2D eigenvalue weighted by Crippen LogP contribution is -2.49. The summed E-state index contributed by atoms with van der Waals surface area (Å²) in [6.07, 6.45) is 0.584. The molecule has 2 heterocycles. The van der Waals surface area contributed by atoms with Crippen molar-refractivity contribution in [2.24, 2.45) is 5.10 Å². The molecule has 0 N–H and O–H groups in total. The van der Waals surface area contributed by atoms with Gasteiger partial charge in [-0.1, -0.05) is 78.3 Å². The number of piperazine rings is 1. The van der Waals surface area contributed by atoms with Crippen LogP contribution in [0.25, 0.3) is 0 Å². The highest BCUT2D eigenvalue weighted by atomic mass is 35.5. The van der Waals surface area contributed by atoms with Crippen molar-refractivity contribution in [3.05, 3.63) is 101 Å². The molecule has 0 radical (unpaired) electrons. The first kappa shape index (κ1) is 24.5. The monoisotopic (exact) mass is 502 g/mol. The Labute approximate surface area is 217 Å². The molecule has 186 valence electrons. The molecule has 1 fully saturated rings. The number of hydrogen-bond donors (Lipinski definition) is 0. The van der Waals surface area contributed by atoms with Crippen LogP contribution in [-0.4, -0.2) is 66.3 Å². The number of nitrogens with zero attached hydrogens (tertiary/aromatic N) is 4. The molecule has 1 atom stereocenters. The van der Waals surface area contributed by atoms with E-state index in [2.05, 4.69) is 34.1 Å². The number of ether oxygens (including phenoxy) is 1. The van der Waals surface area contributed by atoms with Crippen molar-refractivity contribution in [3.63, 3.8) is 0 Å². The zero-order chi connectivity index (χ0) is 24.9. The average Bonchev–Trinajstić information content (AvgIpc) is 3.36. The molecule has 7 heteroatoms. The predicted octanol–water partition coefficient (Wildman–Crippen LogP) is 4.84. The lowest BCUT2D eigenvalue weighted by Gasteiger charge is -2.35. The van der Waals surface area contributed by atoms with E-state index < -0.39 is 0 Å². The van der Waals surface area contributed by atoms with E-state index in [0.717, 1.165) is 55.3 Å². The highest BCUT2D eigenvalue weighted by Gasteiger charge is 2.36. The Kier molecular flexibility index (Phi) is 7.66. The fourth-order valence-corrected chi connectivity index (χ4v) is 5.24. The molecule has 0 spiro atoms. The molecule has 0 saturated carbocycles. The molecule has 36 heavy (non-hydrogen) atoms. The smallest absolute Gasteiger partial charge is 0.257 e. The van der Waals surface area contributed by atoms with Crippen molar-refractivity contribution >= 4 is 23.2 Å². The minimum atomic E-state index is -0.237. The van der Waals surface area contributed by atoms with Crippen molar-refractivity contribution in [2.45, 2.75) is 19.0 Å². The van der Waals surface area contributed by atoms with Crippen LogP contribution in [-0.2, 0) is 11.3 Å². The maximum atomic E-state index is 13.6. The van der Waals surface area contributed by atoms with E-state index in [1.807, 2.05) is 54.6 Å². The molecular weight excluding hydrogens is 472 g/mol. The molecule has 0 unspecified atom stereocenters. The van der Waals surface area contributed by atoms with Crippen molar-refractivity contribution in [1.82, 2.24) is 14.8 Å². The normalized spacial score (nSPS) is 18.8. The average molecular weight is 503 g/mol. The number of benzene rings is 3. The van der Waals surface area contributed by atoms with Gasteiger partial charge in [0.05, 0.1) is 25.4 Å². The molecule has 0 aromatic heterocycles. The summed E-state index contributed by atoms with van der Waals surface area (Å²) < 4.78 is 5.63. The third-order valence-electron chi connectivity index (χ3n) is 6.92. The molecule has 3 aromatic carbocycles. The zero-order valence-corrected chi connectivity index (χ0v) is 21.3. The number of rotatable bonds is 7. The Balaban J connectivity index is 1.30. The maximum Gasteiger partial charge on any atom is 0.257 e. The summed E-state index contributed by atoms with van der Waals surface area (Å²) in [6.45, 7) is 4.86. The van der Waals surface area contributed by atoms with Gasteiger partial charge in [-0.3, -0.25) is 14.6 Å². The Morgan fingerprint density at radius 1 is 0.917 bits per heavy atom. The van der Waals surface area contributed by atoms with Gasteiger partial charge in [-0.2, -0.15) is 5.10 Å². The van der Waals surface area contributed by atoms with Crippen LogP contribution in [0.1, 0.15) is 29.2 Å². The molecule has 2 aliphatic rings. The van der Waals surface area contributed by atoms with Crippen LogP contribution < -0.4 is 4.74 Å². The summed E-state index contributed by atoms with van der Waals surface area (Å²) in [5, 5.41) is 7.10. The topological polar surface area (TPSA) is 48.4 Å². The standard InChI is InChI=1S/C29H31ClN4O2/c1-36-28-14-8-6-12-24(28)27-19-26(23-11-5-7-13-25(23)30)31-34(27)29(35)21-33-17-15-32(16-18-33)20-22-9-3-2-4-10-22/h2-14,27H,15-21H2,1H3/t27-/m1/s1. The number of carbonyl (C=O) groups excluding carboxylic acids is 1.